The molecule has 1 rings (SSSR count). The summed E-state index contributed by atoms with van der Waals surface area (Å²) in [7, 11) is 0. The molecule has 6 nitrogen and oxygen atoms in total. The van der Waals surface area contributed by atoms with E-state index in [0.717, 1.165) is 0 Å². The molecule has 0 unspecified atom stereocenters. The predicted octanol–water partition coefficient (Wildman–Crippen LogP) is -2.48. The van der Waals surface area contributed by atoms with Crippen molar-refractivity contribution in [2.45, 2.75) is 24.4 Å². The van der Waals surface area contributed by atoms with Gasteiger partial charge < -0.3 is 25.8 Å². The Morgan fingerprint density at radius 3 is 2.42 bits per heavy atom. The van der Waals surface area contributed by atoms with E-state index in [0.29, 0.717) is 0 Å². The molecule has 1 fully saturated rings. The van der Waals surface area contributed by atoms with Crippen molar-refractivity contribution >= 4 is 5.97 Å². The highest BCUT2D eigenvalue weighted by molar-refractivity contribution is 5.74. The van der Waals surface area contributed by atoms with Crippen LogP contribution in [-0.4, -0.2) is 52.2 Å². The number of aliphatic carboxylic acids is 1. The molecular weight excluding hydrogens is 166 g/mol. The average Bonchev–Trinajstić information content (AvgIpc) is 2.30. The number of carboxylic acid groups (broad SMARTS) is 1. The highest BCUT2D eigenvalue weighted by Crippen LogP contribution is 2.19. The summed E-state index contributed by atoms with van der Waals surface area (Å²) < 4.78 is 4.77. The van der Waals surface area contributed by atoms with Gasteiger partial charge in [-0.3, -0.25) is 0 Å². The molecule has 70 valence electrons. The summed E-state index contributed by atoms with van der Waals surface area (Å²) in [6.07, 6.45) is -3.23. The molecule has 1 heterocycles. The molecule has 12 heavy (non-hydrogen) atoms. The number of hydrogen-bond acceptors (Lipinski definition) is 5. The lowest BCUT2D eigenvalue weighted by Gasteiger charge is -2.11. The lowest BCUT2D eigenvalue weighted by molar-refractivity contribution is -0.150. The second kappa shape index (κ2) is 3.36. The Kier molecular flexibility index (Phi) is 2.63. The van der Waals surface area contributed by atoms with Gasteiger partial charge in [-0.2, -0.15) is 0 Å². The predicted molar refractivity (Wildman–Crippen MR) is 37.4 cm³/mol. The second-order valence-electron chi connectivity index (χ2n) is 2.68. The monoisotopic (exact) mass is 177 g/mol. The lowest BCUT2D eigenvalue weighted by atomic mass is 10.1. The van der Waals surface area contributed by atoms with Crippen LogP contribution in [0.3, 0.4) is 0 Å². The Hall–Kier alpha value is -0.690. The average molecular weight is 177 g/mol. The summed E-state index contributed by atoms with van der Waals surface area (Å²) in [6.45, 7) is -0.432. The maximum absolute atomic E-state index is 10.4. The van der Waals surface area contributed by atoms with Crippen LogP contribution in [0.2, 0.25) is 0 Å². The second-order valence-corrected chi connectivity index (χ2v) is 2.68. The number of nitrogens with two attached hydrogens (primary N) is 1. The molecule has 0 bridgehead atoms. The van der Waals surface area contributed by atoms with Gasteiger partial charge in [-0.1, -0.05) is 0 Å². The van der Waals surface area contributed by atoms with Crippen molar-refractivity contribution < 1.29 is 24.9 Å². The number of ether oxygens (including phenoxy) is 1. The van der Waals surface area contributed by atoms with Crippen molar-refractivity contribution in [2.24, 2.45) is 5.73 Å². The first-order valence-corrected chi connectivity index (χ1v) is 3.50. The van der Waals surface area contributed by atoms with Crippen LogP contribution in [0.4, 0.5) is 0 Å². The van der Waals surface area contributed by atoms with Gasteiger partial charge in [-0.15, -0.1) is 0 Å². The van der Waals surface area contributed by atoms with E-state index in [1.807, 2.05) is 0 Å². The quantitative estimate of drug-likeness (QED) is 0.371. The number of carboxylic acids is 1. The van der Waals surface area contributed by atoms with E-state index in [1.54, 1.807) is 0 Å². The summed E-state index contributed by atoms with van der Waals surface area (Å²) in [5, 5.41) is 26.3. The topological polar surface area (TPSA) is 113 Å². The number of rotatable bonds is 2. The fourth-order valence-electron chi connectivity index (χ4n) is 1.16. The molecule has 0 amide bonds. The van der Waals surface area contributed by atoms with Crippen LogP contribution in [0, 0.1) is 0 Å². The van der Waals surface area contributed by atoms with Crippen molar-refractivity contribution in [1.29, 1.82) is 0 Å². The van der Waals surface area contributed by atoms with Crippen LogP contribution in [0.25, 0.3) is 0 Å². The highest BCUT2D eigenvalue weighted by Gasteiger charge is 2.44. The third-order valence-corrected chi connectivity index (χ3v) is 1.87. The van der Waals surface area contributed by atoms with Gasteiger partial charge in [0.25, 0.3) is 0 Å². The molecule has 0 radical (unpaired) electrons. The maximum atomic E-state index is 10.4. The molecule has 5 N–H and O–H groups in total. The smallest absolute Gasteiger partial charge is 0.334 e. The molecular formula is C6H11NO5. The molecule has 6 heteroatoms. The molecule has 0 aromatic rings. The Morgan fingerprint density at radius 1 is 1.58 bits per heavy atom. The normalized spacial score (nSPS) is 41.6. The summed E-state index contributed by atoms with van der Waals surface area (Å²) in [4.78, 5) is 10.4. The van der Waals surface area contributed by atoms with Gasteiger partial charge in [-0.25, -0.2) is 4.79 Å². The number of hydrogen-bond donors (Lipinski definition) is 4. The lowest BCUT2D eigenvalue weighted by Crippen LogP contribution is -2.43. The molecule has 0 aliphatic carbocycles. The third-order valence-electron chi connectivity index (χ3n) is 1.87. The van der Waals surface area contributed by atoms with E-state index in [9.17, 15) is 9.90 Å². The van der Waals surface area contributed by atoms with Gasteiger partial charge in [0, 0.05) is 0 Å². The van der Waals surface area contributed by atoms with Crippen LogP contribution >= 0.6 is 0 Å². The molecule has 1 aliphatic heterocycles. The van der Waals surface area contributed by atoms with E-state index in [2.05, 4.69) is 0 Å². The first-order valence-electron chi connectivity index (χ1n) is 3.50. The van der Waals surface area contributed by atoms with Crippen molar-refractivity contribution in [3.63, 3.8) is 0 Å². The Labute approximate surface area is 68.6 Å². The van der Waals surface area contributed by atoms with Gasteiger partial charge in [0.05, 0.1) is 12.6 Å². The van der Waals surface area contributed by atoms with Gasteiger partial charge in [0.15, 0.2) is 6.10 Å². The van der Waals surface area contributed by atoms with E-state index >= 15 is 0 Å². The molecule has 1 saturated heterocycles. The van der Waals surface area contributed by atoms with Gasteiger partial charge in [0.1, 0.15) is 12.2 Å². The fraction of sp³-hybridized carbons (Fsp3) is 0.833. The Bertz CT molecular complexity index is 185. The van der Waals surface area contributed by atoms with E-state index < -0.39 is 36.9 Å². The van der Waals surface area contributed by atoms with Gasteiger partial charge in [0.2, 0.25) is 0 Å². The molecule has 1 aliphatic rings. The van der Waals surface area contributed by atoms with E-state index in [1.165, 1.54) is 0 Å². The van der Waals surface area contributed by atoms with Crippen LogP contribution < -0.4 is 5.73 Å². The van der Waals surface area contributed by atoms with Crippen LogP contribution in [-0.2, 0) is 9.53 Å². The molecule has 0 aromatic carbocycles. The zero-order valence-electron chi connectivity index (χ0n) is 6.25. The molecule has 0 saturated carbocycles. The van der Waals surface area contributed by atoms with Crippen LogP contribution in [0.5, 0.6) is 0 Å². The first kappa shape index (κ1) is 9.40. The summed E-state index contributed by atoms with van der Waals surface area (Å²) in [5.74, 6) is -1.22. The number of aliphatic hydroxyl groups is 2. The Morgan fingerprint density at radius 2 is 2.17 bits per heavy atom. The summed E-state index contributed by atoms with van der Waals surface area (Å²) in [5.41, 5.74) is 5.32. The van der Waals surface area contributed by atoms with Crippen LogP contribution in [0.15, 0.2) is 0 Å². The van der Waals surface area contributed by atoms with E-state index in [-0.39, 0.29) is 0 Å². The number of aliphatic hydroxyl groups excluding tert-OH is 2. The zero-order valence-corrected chi connectivity index (χ0v) is 6.25. The van der Waals surface area contributed by atoms with Crippen molar-refractivity contribution in [1.82, 2.24) is 0 Å². The van der Waals surface area contributed by atoms with Gasteiger partial charge >= 0.3 is 5.97 Å². The van der Waals surface area contributed by atoms with Crippen molar-refractivity contribution in [2.75, 3.05) is 6.61 Å². The molecule has 4 atom stereocenters. The summed E-state index contributed by atoms with van der Waals surface area (Å²) >= 11 is 0. The largest absolute Gasteiger partial charge is 0.479 e. The standard InChI is InChI=1S/C6H11NO5/c7-3-4(9)2(1-8)12-5(3)6(10)11/h2-5,8-9H,1,7H2,(H,10,11)/t2-,3-,4-,5+/m1/s1. The van der Waals surface area contributed by atoms with Gasteiger partial charge in [-0.05, 0) is 0 Å². The van der Waals surface area contributed by atoms with Crippen molar-refractivity contribution in [3.05, 3.63) is 0 Å². The molecule has 0 spiro atoms. The van der Waals surface area contributed by atoms with Crippen molar-refractivity contribution in [3.8, 4) is 0 Å². The van der Waals surface area contributed by atoms with Crippen LogP contribution in [0.1, 0.15) is 0 Å². The minimum Gasteiger partial charge on any atom is -0.479 e. The minimum atomic E-state index is -1.22. The summed E-state index contributed by atoms with van der Waals surface area (Å²) in [6, 6.07) is -0.973. The fourth-order valence-corrected chi connectivity index (χ4v) is 1.16. The molecule has 0 aromatic heterocycles. The number of carbonyl (C=O) groups is 1. The first-order chi connectivity index (χ1) is 5.57. The SMILES string of the molecule is N[C@@H]1[C@H](O)[C@@H](CO)O[C@@H]1C(=O)O. The Balaban J connectivity index is 2.66. The highest BCUT2D eigenvalue weighted by atomic mass is 16.6. The van der Waals surface area contributed by atoms with E-state index in [4.69, 9.17) is 20.7 Å². The minimum absolute atomic E-state index is 0.432. The zero-order chi connectivity index (χ0) is 9.30. The maximum Gasteiger partial charge on any atom is 0.334 e. The third kappa shape index (κ3) is 1.42.